The molecule has 0 bridgehead atoms. The van der Waals surface area contributed by atoms with Gasteiger partial charge in [0, 0.05) is 32.2 Å². The number of hydrogen-bond acceptors (Lipinski definition) is 4. The van der Waals surface area contributed by atoms with Crippen LogP contribution in [-0.2, 0) is 10.0 Å². The third kappa shape index (κ3) is 2.93. The van der Waals surface area contributed by atoms with E-state index in [2.05, 4.69) is 4.90 Å². The third-order valence-electron chi connectivity index (χ3n) is 4.34. The standard InChI is InChI=1S/C15H22N2O3S/c1-12-11-14(20-2)5-6-15(12)21(18,19)17-9-7-16(8-10-17)13-3-4-13/h5-6,11,13H,3-4,7-10H2,1-2H3. The van der Waals surface area contributed by atoms with Crippen molar-refractivity contribution in [2.75, 3.05) is 33.3 Å². The second-order valence-electron chi connectivity index (χ2n) is 5.80. The lowest BCUT2D eigenvalue weighted by atomic mass is 10.2. The molecule has 0 spiro atoms. The van der Waals surface area contributed by atoms with Gasteiger partial charge in [-0.05, 0) is 43.5 Å². The maximum atomic E-state index is 12.8. The van der Waals surface area contributed by atoms with Crippen LogP contribution in [0.15, 0.2) is 23.1 Å². The highest BCUT2D eigenvalue weighted by Gasteiger charge is 2.35. The predicted molar refractivity (Wildman–Crippen MR) is 81.1 cm³/mol. The van der Waals surface area contributed by atoms with Crippen LogP contribution in [0.5, 0.6) is 5.75 Å². The largest absolute Gasteiger partial charge is 0.497 e. The molecule has 6 heteroatoms. The number of aryl methyl sites for hydroxylation is 1. The minimum absolute atomic E-state index is 0.392. The molecule has 0 unspecified atom stereocenters. The van der Waals surface area contributed by atoms with Gasteiger partial charge in [0.25, 0.3) is 0 Å². The lowest BCUT2D eigenvalue weighted by Crippen LogP contribution is -2.49. The third-order valence-corrected chi connectivity index (χ3v) is 6.40. The Morgan fingerprint density at radius 1 is 1.14 bits per heavy atom. The second kappa shape index (κ2) is 5.59. The molecule has 1 aliphatic carbocycles. The van der Waals surface area contributed by atoms with Gasteiger partial charge in [0.1, 0.15) is 5.75 Å². The summed E-state index contributed by atoms with van der Waals surface area (Å²) < 4.78 is 32.3. The van der Waals surface area contributed by atoms with Crippen LogP contribution in [0.25, 0.3) is 0 Å². The van der Waals surface area contributed by atoms with Gasteiger partial charge in [-0.2, -0.15) is 4.31 Å². The van der Waals surface area contributed by atoms with Gasteiger partial charge in [0.05, 0.1) is 12.0 Å². The highest BCUT2D eigenvalue weighted by molar-refractivity contribution is 7.89. The van der Waals surface area contributed by atoms with Crippen LogP contribution in [0.1, 0.15) is 18.4 Å². The van der Waals surface area contributed by atoms with Gasteiger partial charge < -0.3 is 4.74 Å². The molecule has 1 heterocycles. The molecule has 1 aromatic carbocycles. The summed E-state index contributed by atoms with van der Waals surface area (Å²) in [4.78, 5) is 2.80. The molecule has 0 atom stereocenters. The number of benzene rings is 1. The van der Waals surface area contributed by atoms with Crippen LogP contribution >= 0.6 is 0 Å². The first kappa shape index (κ1) is 14.8. The van der Waals surface area contributed by atoms with Crippen molar-refractivity contribution >= 4 is 10.0 Å². The fourth-order valence-electron chi connectivity index (χ4n) is 2.93. The molecular weight excluding hydrogens is 288 g/mol. The van der Waals surface area contributed by atoms with Crippen molar-refractivity contribution in [2.45, 2.75) is 30.7 Å². The molecule has 1 saturated carbocycles. The zero-order valence-corrected chi connectivity index (χ0v) is 13.4. The zero-order valence-electron chi connectivity index (χ0n) is 12.6. The minimum atomic E-state index is -3.40. The smallest absolute Gasteiger partial charge is 0.243 e. The number of hydrogen-bond donors (Lipinski definition) is 0. The number of sulfonamides is 1. The lowest BCUT2D eigenvalue weighted by molar-refractivity contribution is 0.180. The van der Waals surface area contributed by atoms with Gasteiger partial charge in [-0.1, -0.05) is 0 Å². The Morgan fingerprint density at radius 2 is 1.81 bits per heavy atom. The van der Waals surface area contributed by atoms with Crippen molar-refractivity contribution in [2.24, 2.45) is 0 Å². The van der Waals surface area contributed by atoms with Gasteiger partial charge in [-0.3, -0.25) is 4.90 Å². The fourth-order valence-corrected chi connectivity index (χ4v) is 4.55. The van der Waals surface area contributed by atoms with Crippen molar-refractivity contribution in [1.29, 1.82) is 0 Å². The fraction of sp³-hybridized carbons (Fsp3) is 0.600. The Morgan fingerprint density at radius 3 is 2.33 bits per heavy atom. The first-order valence-corrected chi connectivity index (χ1v) is 8.85. The van der Waals surface area contributed by atoms with Gasteiger partial charge in [0.15, 0.2) is 0 Å². The molecule has 0 aromatic heterocycles. The van der Waals surface area contributed by atoms with E-state index in [9.17, 15) is 8.42 Å². The van der Waals surface area contributed by atoms with Crippen molar-refractivity contribution in [3.63, 3.8) is 0 Å². The van der Waals surface area contributed by atoms with Crippen molar-refractivity contribution in [3.8, 4) is 5.75 Å². The summed E-state index contributed by atoms with van der Waals surface area (Å²) in [5, 5.41) is 0. The number of nitrogens with zero attached hydrogens (tertiary/aromatic N) is 2. The summed E-state index contributed by atoms with van der Waals surface area (Å²) in [6.07, 6.45) is 2.54. The van der Waals surface area contributed by atoms with Crippen molar-refractivity contribution in [3.05, 3.63) is 23.8 Å². The number of piperazine rings is 1. The maximum Gasteiger partial charge on any atom is 0.243 e. The van der Waals surface area contributed by atoms with Crippen LogP contribution in [-0.4, -0.2) is 57.0 Å². The Hall–Kier alpha value is -1.11. The summed E-state index contributed by atoms with van der Waals surface area (Å²) in [7, 11) is -1.81. The highest BCUT2D eigenvalue weighted by atomic mass is 32.2. The average Bonchev–Trinajstić information content (AvgIpc) is 3.31. The molecule has 1 aliphatic heterocycles. The van der Waals surface area contributed by atoms with Crippen LogP contribution in [0.3, 0.4) is 0 Å². The highest BCUT2D eigenvalue weighted by Crippen LogP contribution is 2.29. The van der Waals surface area contributed by atoms with Crippen molar-refractivity contribution in [1.82, 2.24) is 9.21 Å². The van der Waals surface area contributed by atoms with E-state index in [1.807, 2.05) is 6.92 Å². The molecule has 3 rings (SSSR count). The van der Waals surface area contributed by atoms with E-state index < -0.39 is 10.0 Å². The topological polar surface area (TPSA) is 49.9 Å². The van der Waals surface area contributed by atoms with E-state index in [-0.39, 0.29) is 0 Å². The van der Waals surface area contributed by atoms with Gasteiger partial charge in [0.2, 0.25) is 10.0 Å². The molecule has 21 heavy (non-hydrogen) atoms. The van der Waals surface area contributed by atoms with Crippen LogP contribution in [0.2, 0.25) is 0 Å². The van der Waals surface area contributed by atoms with E-state index >= 15 is 0 Å². The lowest BCUT2D eigenvalue weighted by Gasteiger charge is -2.34. The second-order valence-corrected chi connectivity index (χ2v) is 7.71. The molecule has 5 nitrogen and oxygen atoms in total. The molecule has 2 fully saturated rings. The maximum absolute atomic E-state index is 12.8. The minimum Gasteiger partial charge on any atom is -0.497 e. The van der Waals surface area contributed by atoms with Gasteiger partial charge in [-0.25, -0.2) is 8.42 Å². The molecule has 0 amide bonds. The molecule has 116 valence electrons. The molecule has 0 N–H and O–H groups in total. The van der Waals surface area contributed by atoms with E-state index in [0.29, 0.717) is 29.8 Å². The summed E-state index contributed by atoms with van der Waals surface area (Å²) in [6.45, 7) is 4.68. The van der Waals surface area contributed by atoms with E-state index in [1.165, 1.54) is 12.8 Å². The first-order valence-electron chi connectivity index (χ1n) is 7.41. The van der Waals surface area contributed by atoms with Crippen LogP contribution < -0.4 is 4.74 Å². The van der Waals surface area contributed by atoms with E-state index in [0.717, 1.165) is 18.7 Å². The summed E-state index contributed by atoms with van der Waals surface area (Å²) in [5.74, 6) is 0.685. The van der Waals surface area contributed by atoms with Crippen molar-refractivity contribution < 1.29 is 13.2 Å². The van der Waals surface area contributed by atoms with E-state index in [1.54, 1.807) is 29.6 Å². The Balaban J connectivity index is 1.77. The van der Waals surface area contributed by atoms with E-state index in [4.69, 9.17) is 4.74 Å². The van der Waals surface area contributed by atoms with Gasteiger partial charge in [-0.15, -0.1) is 0 Å². The Bertz CT molecular complexity index is 618. The quantitative estimate of drug-likeness (QED) is 0.845. The van der Waals surface area contributed by atoms with Gasteiger partial charge >= 0.3 is 0 Å². The van der Waals surface area contributed by atoms with Crippen LogP contribution in [0, 0.1) is 6.92 Å². The Kier molecular flexibility index (Phi) is 3.94. The predicted octanol–water partition coefficient (Wildman–Crippen LogP) is 1.47. The first-order chi connectivity index (χ1) is 10.0. The Labute approximate surface area is 126 Å². The number of rotatable bonds is 4. The summed E-state index contributed by atoms with van der Waals surface area (Å²) >= 11 is 0. The summed E-state index contributed by atoms with van der Waals surface area (Å²) in [6, 6.07) is 5.84. The number of methoxy groups -OCH3 is 1. The SMILES string of the molecule is COc1ccc(S(=O)(=O)N2CCN(C3CC3)CC2)c(C)c1. The normalized spacial score (nSPS) is 21.4. The average molecular weight is 310 g/mol. The van der Waals surface area contributed by atoms with Crippen LogP contribution in [0.4, 0.5) is 0 Å². The molecule has 1 saturated heterocycles. The number of ether oxygens (including phenoxy) is 1. The molecule has 2 aliphatic rings. The monoisotopic (exact) mass is 310 g/mol. The summed E-state index contributed by atoms with van der Waals surface area (Å²) in [5.41, 5.74) is 0.735. The molecule has 0 radical (unpaired) electrons. The zero-order chi connectivity index (χ0) is 15.0. The molecule has 1 aromatic rings. The molecular formula is C15H22N2O3S.